The van der Waals surface area contributed by atoms with Crippen molar-refractivity contribution in [1.29, 1.82) is 0 Å². The van der Waals surface area contributed by atoms with E-state index in [1.54, 1.807) is 23.9 Å². The van der Waals surface area contributed by atoms with Crippen molar-refractivity contribution in [2.45, 2.75) is 37.9 Å². The summed E-state index contributed by atoms with van der Waals surface area (Å²) >= 11 is 1.57. The third kappa shape index (κ3) is 5.53. The van der Waals surface area contributed by atoms with E-state index in [1.165, 1.54) is 44.2 Å². The van der Waals surface area contributed by atoms with Crippen LogP contribution in [0.3, 0.4) is 0 Å². The summed E-state index contributed by atoms with van der Waals surface area (Å²) in [6, 6.07) is 6.45. The maximum absolute atomic E-state index is 12.7. The van der Waals surface area contributed by atoms with E-state index >= 15 is 0 Å². The van der Waals surface area contributed by atoms with E-state index in [1.807, 2.05) is 0 Å². The van der Waals surface area contributed by atoms with E-state index in [-0.39, 0.29) is 11.7 Å². The minimum absolute atomic E-state index is 0.114. The highest BCUT2D eigenvalue weighted by molar-refractivity contribution is 7.99. The van der Waals surface area contributed by atoms with Crippen LogP contribution in [-0.4, -0.2) is 18.2 Å². The predicted molar refractivity (Wildman–Crippen MR) is 82.1 cm³/mol. The fraction of sp³-hybridized carbons (Fsp3) is 0.562. The molecule has 0 aromatic heterocycles. The molecule has 1 aliphatic carbocycles. The number of benzene rings is 1. The second-order valence-electron chi connectivity index (χ2n) is 5.43. The molecule has 4 heteroatoms. The number of carbonyl (C=O) groups is 1. The Morgan fingerprint density at radius 3 is 2.60 bits per heavy atom. The number of hydrogen-bond acceptors (Lipinski definition) is 2. The van der Waals surface area contributed by atoms with Gasteiger partial charge in [0.2, 0.25) is 5.91 Å². The molecule has 2 nitrogen and oxygen atoms in total. The van der Waals surface area contributed by atoms with E-state index in [2.05, 4.69) is 5.32 Å². The Balaban J connectivity index is 1.58. The lowest BCUT2D eigenvalue weighted by Crippen LogP contribution is -2.31. The molecule has 0 spiro atoms. The Hall–Kier alpha value is -1.03. The van der Waals surface area contributed by atoms with E-state index in [9.17, 15) is 9.18 Å². The Labute approximate surface area is 124 Å². The number of rotatable bonds is 6. The summed E-state index contributed by atoms with van der Waals surface area (Å²) in [5.74, 6) is 1.79. The number of halogens is 1. The lowest BCUT2D eigenvalue weighted by Gasteiger charge is -2.21. The molecule has 0 unspecified atom stereocenters. The average Bonchev–Trinajstić information content (AvgIpc) is 2.48. The van der Waals surface area contributed by atoms with Gasteiger partial charge in [-0.2, -0.15) is 0 Å². The molecule has 0 saturated heterocycles. The Morgan fingerprint density at radius 1 is 1.20 bits per heavy atom. The number of amides is 1. The van der Waals surface area contributed by atoms with Gasteiger partial charge in [-0.15, -0.1) is 11.8 Å². The van der Waals surface area contributed by atoms with Gasteiger partial charge in [-0.1, -0.05) is 31.4 Å². The molecule has 1 aromatic rings. The summed E-state index contributed by atoms with van der Waals surface area (Å²) in [5.41, 5.74) is 1.05. The summed E-state index contributed by atoms with van der Waals surface area (Å²) in [7, 11) is 0. The fourth-order valence-corrected chi connectivity index (χ4v) is 3.36. The van der Waals surface area contributed by atoms with Crippen LogP contribution in [-0.2, 0) is 10.5 Å². The van der Waals surface area contributed by atoms with Gasteiger partial charge in [-0.25, -0.2) is 4.39 Å². The molecule has 110 valence electrons. The molecule has 0 radical (unpaired) electrons. The molecular formula is C16H22FNOS. The SMILES string of the molecule is O=C(CSCc1ccc(F)cc1)NCC1CCCCC1. The highest BCUT2D eigenvalue weighted by Crippen LogP contribution is 2.22. The van der Waals surface area contributed by atoms with Crippen LogP contribution in [0.15, 0.2) is 24.3 Å². The van der Waals surface area contributed by atoms with Crippen molar-refractivity contribution in [3.63, 3.8) is 0 Å². The zero-order chi connectivity index (χ0) is 14.2. The third-order valence-electron chi connectivity index (χ3n) is 3.73. The van der Waals surface area contributed by atoms with Crippen LogP contribution in [0.2, 0.25) is 0 Å². The number of thioether (sulfide) groups is 1. The largest absolute Gasteiger partial charge is 0.355 e. The van der Waals surface area contributed by atoms with Crippen LogP contribution < -0.4 is 5.32 Å². The van der Waals surface area contributed by atoms with Crippen LogP contribution in [0.25, 0.3) is 0 Å². The maximum atomic E-state index is 12.7. The van der Waals surface area contributed by atoms with Crippen molar-refractivity contribution >= 4 is 17.7 Å². The molecule has 20 heavy (non-hydrogen) atoms. The van der Waals surface area contributed by atoms with Crippen molar-refractivity contribution in [1.82, 2.24) is 5.32 Å². The molecule has 1 saturated carbocycles. The topological polar surface area (TPSA) is 29.1 Å². The lowest BCUT2D eigenvalue weighted by molar-refractivity contribution is -0.118. The number of nitrogens with one attached hydrogen (secondary N) is 1. The Morgan fingerprint density at radius 2 is 1.90 bits per heavy atom. The second-order valence-corrected chi connectivity index (χ2v) is 6.41. The fourth-order valence-electron chi connectivity index (χ4n) is 2.54. The van der Waals surface area contributed by atoms with Crippen molar-refractivity contribution in [3.05, 3.63) is 35.6 Å². The van der Waals surface area contributed by atoms with Gasteiger partial charge in [0.1, 0.15) is 5.82 Å². The third-order valence-corrected chi connectivity index (χ3v) is 4.73. The number of hydrogen-bond donors (Lipinski definition) is 1. The van der Waals surface area contributed by atoms with Gasteiger partial charge in [0.25, 0.3) is 0 Å². The van der Waals surface area contributed by atoms with Crippen LogP contribution in [0.1, 0.15) is 37.7 Å². The van der Waals surface area contributed by atoms with Crippen LogP contribution in [0, 0.1) is 11.7 Å². The monoisotopic (exact) mass is 295 g/mol. The molecular weight excluding hydrogens is 273 g/mol. The minimum Gasteiger partial charge on any atom is -0.355 e. The van der Waals surface area contributed by atoms with E-state index in [0.29, 0.717) is 11.7 Å². The first-order valence-corrected chi connectivity index (χ1v) is 8.48. The molecule has 1 fully saturated rings. The van der Waals surface area contributed by atoms with Crippen LogP contribution in [0.4, 0.5) is 4.39 Å². The van der Waals surface area contributed by atoms with Gasteiger partial charge in [-0.3, -0.25) is 4.79 Å². The van der Waals surface area contributed by atoms with Crippen molar-refractivity contribution in [3.8, 4) is 0 Å². The summed E-state index contributed by atoms with van der Waals surface area (Å²) in [4.78, 5) is 11.7. The van der Waals surface area contributed by atoms with Crippen molar-refractivity contribution < 1.29 is 9.18 Å². The first-order chi connectivity index (χ1) is 9.74. The molecule has 2 rings (SSSR count). The van der Waals surface area contributed by atoms with Crippen LogP contribution >= 0.6 is 11.8 Å². The zero-order valence-corrected chi connectivity index (χ0v) is 12.6. The van der Waals surface area contributed by atoms with Crippen molar-refractivity contribution in [2.75, 3.05) is 12.3 Å². The van der Waals surface area contributed by atoms with Gasteiger partial charge in [0.05, 0.1) is 5.75 Å². The van der Waals surface area contributed by atoms with Crippen molar-refractivity contribution in [2.24, 2.45) is 5.92 Å². The molecule has 1 aliphatic rings. The first-order valence-electron chi connectivity index (χ1n) is 7.33. The van der Waals surface area contributed by atoms with Crippen LogP contribution in [0.5, 0.6) is 0 Å². The Kier molecular flexibility index (Phi) is 6.37. The summed E-state index contributed by atoms with van der Waals surface area (Å²) in [6.45, 7) is 0.829. The van der Waals surface area contributed by atoms with E-state index in [0.717, 1.165) is 17.9 Å². The van der Waals surface area contributed by atoms with Gasteiger partial charge < -0.3 is 5.32 Å². The Bertz CT molecular complexity index is 415. The summed E-state index contributed by atoms with van der Waals surface area (Å²) in [6.07, 6.45) is 6.46. The molecule has 0 heterocycles. The van der Waals surface area contributed by atoms with Gasteiger partial charge >= 0.3 is 0 Å². The van der Waals surface area contributed by atoms with Gasteiger partial charge in [0.15, 0.2) is 0 Å². The number of carbonyl (C=O) groups excluding carboxylic acids is 1. The molecule has 1 N–H and O–H groups in total. The maximum Gasteiger partial charge on any atom is 0.230 e. The molecule has 0 aliphatic heterocycles. The molecule has 0 atom stereocenters. The zero-order valence-electron chi connectivity index (χ0n) is 11.7. The summed E-state index contributed by atoms with van der Waals surface area (Å²) < 4.78 is 12.7. The highest BCUT2D eigenvalue weighted by Gasteiger charge is 2.14. The van der Waals surface area contributed by atoms with E-state index < -0.39 is 0 Å². The quantitative estimate of drug-likeness (QED) is 0.866. The molecule has 0 bridgehead atoms. The smallest absolute Gasteiger partial charge is 0.230 e. The highest BCUT2D eigenvalue weighted by atomic mass is 32.2. The normalized spacial score (nSPS) is 16.1. The predicted octanol–water partition coefficient (Wildman–Crippen LogP) is 3.76. The second kappa shape index (κ2) is 8.30. The lowest BCUT2D eigenvalue weighted by atomic mass is 9.89. The standard InChI is InChI=1S/C16H22FNOS/c17-15-8-6-14(7-9-15)11-20-12-16(19)18-10-13-4-2-1-3-5-13/h6-9,13H,1-5,10-12H2,(H,18,19). The van der Waals surface area contributed by atoms with E-state index in [4.69, 9.17) is 0 Å². The molecule has 1 aromatic carbocycles. The molecule has 1 amide bonds. The van der Waals surface area contributed by atoms with Gasteiger partial charge in [-0.05, 0) is 36.5 Å². The summed E-state index contributed by atoms with van der Waals surface area (Å²) in [5, 5.41) is 3.03. The first kappa shape index (κ1) is 15.4. The average molecular weight is 295 g/mol. The van der Waals surface area contributed by atoms with Gasteiger partial charge in [0, 0.05) is 12.3 Å². The minimum atomic E-state index is -0.219.